The molecular formula is C19H19N3O4. The largest absolute Gasteiger partial charge is 0.467 e. The Balaban J connectivity index is 1.26. The first-order valence-electron chi connectivity index (χ1n) is 8.55. The first-order chi connectivity index (χ1) is 12.7. The molecular weight excluding hydrogens is 334 g/mol. The zero-order chi connectivity index (χ0) is 17.9. The van der Waals surface area contributed by atoms with Gasteiger partial charge in [0.15, 0.2) is 0 Å². The van der Waals surface area contributed by atoms with E-state index in [1.165, 1.54) is 6.08 Å². The molecule has 4 heterocycles. The van der Waals surface area contributed by atoms with E-state index in [4.69, 9.17) is 9.15 Å². The van der Waals surface area contributed by atoms with Crippen LogP contribution >= 0.6 is 0 Å². The molecule has 0 aromatic carbocycles. The quantitative estimate of drug-likeness (QED) is 0.828. The zero-order valence-corrected chi connectivity index (χ0v) is 14.1. The van der Waals surface area contributed by atoms with Gasteiger partial charge >= 0.3 is 0 Å². The van der Waals surface area contributed by atoms with E-state index in [1.54, 1.807) is 23.4 Å². The second-order valence-corrected chi connectivity index (χ2v) is 6.43. The summed E-state index contributed by atoms with van der Waals surface area (Å²) in [6, 6.07) is 7.44. The summed E-state index contributed by atoms with van der Waals surface area (Å²) in [6.07, 6.45) is 6.98. The third-order valence-corrected chi connectivity index (χ3v) is 4.58. The molecule has 2 aromatic rings. The number of carbonyl (C=O) groups excluding carboxylic acids is 2. The van der Waals surface area contributed by atoms with Crippen molar-refractivity contribution in [2.24, 2.45) is 5.92 Å². The van der Waals surface area contributed by atoms with Crippen molar-refractivity contribution >= 4 is 17.6 Å². The fourth-order valence-electron chi connectivity index (χ4n) is 3.03. The number of likely N-dealkylation sites (tertiary alicyclic amines) is 1. The van der Waals surface area contributed by atoms with Crippen molar-refractivity contribution in [1.29, 1.82) is 0 Å². The Bertz CT molecular complexity index is 825. The molecule has 0 radical (unpaired) electrons. The highest BCUT2D eigenvalue weighted by molar-refractivity contribution is 5.97. The topological polar surface area (TPSA) is 84.7 Å². The lowest BCUT2D eigenvalue weighted by molar-refractivity contribution is -0.140. The van der Waals surface area contributed by atoms with Gasteiger partial charge in [-0.3, -0.25) is 9.59 Å². The molecule has 0 spiro atoms. The van der Waals surface area contributed by atoms with Gasteiger partial charge in [0, 0.05) is 19.3 Å². The van der Waals surface area contributed by atoms with Crippen LogP contribution in [-0.2, 0) is 27.4 Å². The van der Waals surface area contributed by atoms with Crippen LogP contribution in [0.5, 0.6) is 0 Å². The summed E-state index contributed by atoms with van der Waals surface area (Å²) in [5, 5.41) is 2.77. The molecule has 0 bridgehead atoms. The Hall–Kier alpha value is -2.93. The number of hydrogen-bond donors (Lipinski definition) is 1. The molecule has 7 nitrogen and oxygen atoms in total. The molecule has 26 heavy (non-hydrogen) atoms. The number of anilines is 1. The number of fused-ring (bicyclic) bond motifs is 1. The molecule has 0 saturated carbocycles. The van der Waals surface area contributed by atoms with Gasteiger partial charge in [0.25, 0.3) is 0 Å². The molecule has 2 amide bonds. The summed E-state index contributed by atoms with van der Waals surface area (Å²) >= 11 is 0. The van der Waals surface area contributed by atoms with E-state index in [-0.39, 0.29) is 23.8 Å². The van der Waals surface area contributed by atoms with Crippen LogP contribution in [-0.4, -0.2) is 40.9 Å². The standard InChI is InChI=1S/C19H19N3O4/c23-17(22-10-16(11-22)26-12-15-4-2-8-25-15)6-5-14-9-13-3-1-7-20-18(13)21-19(14)24/h1-8,14,16H,9-12H2,(H,20,21,24). The Morgan fingerprint density at radius 1 is 1.38 bits per heavy atom. The summed E-state index contributed by atoms with van der Waals surface area (Å²) in [4.78, 5) is 30.2. The summed E-state index contributed by atoms with van der Waals surface area (Å²) in [5.41, 5.74) is 0.976. The van der Waals surface area contributed by atoms with Crippen molar-refractivity contribution in [3.63, 3.8) is 0 Å². The van der Waals surface area contributed by atoms with E-state index >= 15 is 0 Å². The van der Waals surface area contributed by atoms with E-state index in [9.17, 15) is 9.59 Å². The minimum absolute atomic E-state index is 0.0216. The van der Waals surface area contributed by atoms with E-state index in [0.717, 1.165) is 11.3 Å². The highest BCUT2D eigenvalue weighted by atomic mass is 16.5. The van der Waals surface area contributed by atoms with Crippen molar-refractivity contribution in [3.8, 4) is 0 Å². The molecule has 1 N–H and O–H groups in total. The second-order valence-electron chi connectivity index (χ2n) is 6.43. The van der Waals surface area contributed by atoms with Gasteiger partial charge in [-0.15, -0.1) is 0 Å². The average Bonchev–Trinajstić information content (AvgIpc) is 3.12. The van der Waals surface area contributed by atoms with Gasteiger partial charge in [-0.25, -0.2) is 4.98 Å². The van der Waals surface area contributed by atoms with Gasteiger partial charge in [0.05, 0.1) is 18.3 Å². The smallest absolute Gasteiger partial charge is 0.246 e. The number of nitrogens with zero attached hydrogens (tertiary/aromatic N) is 2. The number of ether oxygens (including phenoxy) is 1. The Labute approximate surface area is 150 Å². The van der Waals surface area contributed by atoms with Gasteiger partial charge in [0.2, 0.25) is 11.8 Å². The number of rotatable bonds is 5. The Kier molecular flexibility index (Phi) is 4.53. The van der Waals surface area contributed by atoms with Crippen LogP contribution in [0, 0.1) is 5.92 Å². The summed E-state index contributed by atoms with van der Waals surface area (Å²) in [5.74, 6) is 0.777. The van der Waals surface area contributed by atoms with Crippen molar-refractivity contribution in [3.05, 3.63) is 60.2 Å². The van der Waals surface area contributed by atoms with E-state index in [2.05, 4.69) is 10.3 Å². The molecule has 0 aliphatic carbocycles. The first-order valence-corrected chi connectivity index (χ1v) is 8.55. The van der Waals surface area contributed by atoms with Crippen LogP contribution < -0.4 is 5.32 Å². The Morgan fingerprint density at radius 2 is 2.27 bits per heavy atom. The maximum Gasteiger partial charge on any atom is 0.246 e. The predicted molar refractivity (Wildman–Crippen MR) is 93.1 cm³/mol. The van der Waals surface area contributed by atoms with Crippen molar-refractivity contribution in [2.45, 2.75) is 19.1 Å². The van der Waals surface area contributed by atoms with Crippen LogP contribution in [0.2, 0.25) is 0 Å². The fraction of sp³-hybridized carbons (Fsp3) is 0.316. The third-order valence-electron chi connectivity index (χ3n) is 4.58. The number of nitrogens with one attached hydrogen (secondary N) is 1. The molecule has 1 fully saturated rings. The fourth-order valence-corrected chi connectivity index (χ4v) is 3.03. The van der Waals surface area contributed by atoms with Gasteiger partial charge in [-0.1, -0.05) is 12.1 Å². The number of furan rings is 1. The van der Waals surface area contributed by atoms with Crippen LogP contribution in [0.15, 0.2) is 53.3 Å². The zero-order valence-electron chi connectivity index (χ0n) is 14.1. The molecule has 2 aliphatic heterocycles. The number of pyridine rings is 1. The lowest BCUT2D eigenvalue weighted by Gasteiger charge is -2.38. The molecule has 2 aliphatic rings. The second kappa shape index (κ2) is 7.13. The summed E-state index contributed by atoms with van der Waals surface area (Å²) in [7, 11) is 0. The SMILES string of the molecule is O=C1Nc2ncccc2CC1C=CC(=O)N1CC(OCc2ccco2)C1. The monoisotopic (exact) mass is 353 g/mol. The highest BCUT2D eigenvalue weighted by Crippen LogP contribution is 2.24. The number of carbonyl (C=O) groups is 2. The van der Waals surface area contributed by atoms with Crippen molar-refractivity contribution < 1.29 is 18.7 Å². The maximum atomic E-state index is 12.2. The van der Waals surface area contributed by atoms with Crippen LogP contribution in [0.3, 0.4) is 0 Å². The molecule has 7 heteroatoms. The van der Waals surface area contributed by atoms with Crippen LogP contribution in [0.25, 0.3) is 0 Å². The third kappa shape index (κ3) is 3.52. The highest BCUT2D eigenvalue weighted by Gasteiger charge is 2.31. The van der Waals surface area contributed by atoms with E-state index < -0.39 is 0 Å². The maximum absolute atomic E-state index is 12.2. The van der Waals surface area contributed by atoms with E-state index in [0.29, 0.717) is 31.9 Å². The van der Waals surface area contributed by atoms with Crippen LogP contribution in [0.1, 0.15) is 11.3 Å². The molecule has 4 rings (SSSR count). The summed E-state index contributed by atoms with van der Waals surface area (Å²) in [6.45, 7) is 1.51. The Morgan fingerprint density at radius 3 is 3.08 bits per heavy atom. The molecule has 1 unspecified atom stereocenters. The first kappa shape index (κ1) is 16.5. The lowest BCUT2D eigenvalue weighted by Crippen LogP contribution is -2.54. The van der Waals surface area contributed by atoms with Gasteiger partial charge in [0.1, 0.15) is 18.2 Å². The minimum atomic E-state index is -0.358. The molecule has 2 aromatic heterocycles. The minimum Gasteiger partial charge on any atom is -0.467 e. The predicted octanol–water partition coefficient (Wildman–Crippen LogP) is 1.77. The van der Waals surface area contributed by atoms with Crippen molar-refractivity contribution in [1.82, 2.24) is 9.88 Å². The molecule has 134 valence electrons. The number of aromatic nitrogens is 1. The number of hydrogen-bond acceptors (Lipinski definition) is 5. The van der Waals surface area contributed by atoms with E-state index in [1.807, 2.05) is 24.3 Å². The number of amides is 2. The van der Waals surface area contributed by atoms with Gasteiger partial charge in [-0.2, -0.15) is 0 Å². The molecule has 1 saturated heterocycles. The molecule has 1 atom stereocenters. The lowest BCUT2D eigenvalue weighted by atomic mass is 9.94. The normalized spacial score (nSPS) is 19.9. The summed E-state index contributed by atoms with van der Waals surface area (Å²) < 4.78 is 10.9. The van der Waals surface area contributed by atoms with Crippen LogP contribution in [0.4, 0.5) is 5.82 Å². The van der Waals surface area contributed by atoms with Crippen molar-refractivity contribution in [2.75, 3.05) is 18.4 Å². The average molecular weight is 353 g/mol. The van der Waals surface area contributed by atoms with Gasteiger partial charge < -0.3 is 19.4 Å². The van der Waals surface area contributed by atoms with Gasteiger partial charge in [-0.05, 0) is 36.3 Å².